The molecule has 5 heteroatoms. The Hall–Kier alpha value is -1.29. The van der Waals surface area contributed by atoms with Crippen LogP contribution in [-0.2, 0) is 6.42 Å². The summed E-state index contributed by atoms with van der Waals surface area (Å²) in [7, 11) is 0. The molecule has 3 nitrogen and oxygen atoms in total. The number of nitrogens with zero attached hydrogens (tertiary/aromatic N) is 1. The minimum absolute atomic E-state index is 0.137. The molecule has 2 rings (SSSR count). The van der Waals surface area contributed by atoms with Crippen molar-refractivity contribution in [1.29, 1.82) is 0 Å². The fraction of sp³-hybridized carbons (Fsp3) is 0.267. The van der Waals surface area contributed by atoms with E-state index in [2.05, 4.69) is 17.2 Å². The van der Waals surface area contributed by atoms with Crippen molar-refractivity contribution in [1.82, 2.24) is 10.3 Å². The highest BCUT2D eigenvalue weighted by molar-refractivity contribution is 6.34. The number of nitrogen functional groups attached to an aromatic ring is 1. The molecule has 1 atom stereocenters. The Bertz CT molecular complexity index is 567. The highest BCUT2D eigenvalue weighted by Crippen LogP contribution is 2.26. The fourth-order valence-electron chi connectivity index (χ4n) is 2.19. The average Bonchev–Trinajstić information content (AvgIpc) is 2.37. The molecule has 0 bridgehead atoms. The predicted molar refractivity (Wildman–Crippen MR) is 85.2 cm³/mol. The van der Waals surface area contributed by atoms with E-state index in [0.717, 1.165) is 24.1 Å². The third-order valence-electron chi connectivity index (χ3n) is 3.02. The van der Waals surface area contributed by atoms with Crippen LogP contribution in [0.25, 0.3) is 0 Å². The van der Waals surface area contributed by atoms with Gasteiger partial charge in [-0.3, -0.25) is 0 Å². The number of aromatic nitrogens is 1. The summed E-state index contributed by atoms with van der Waals surface area (Å²) in [5, 5.41) is 4.73. The zero-order chi connectivity index (χ0) is 14.5. The highest BCUT2D eigenvalue weighted by atomic mass is 35.5. The second-order valence-electron chi connectivity index (χ2n) is 4.61. The number of benzene rings is 1. The number of hydrogen-bond donors (Lipinski definition) is 2. The molecule has 0 saturated carbocycles. The summed E-state index contributed by atoms with van der Waals surface area (Å²) in [4.78, 5) is 4.01. The molecule has 106 valence electrons. The van der Waals surface area contributed by atoms with Crippen LogP contribution in [0.15, 0.2) is 36.5 Å². The number of rotatable bonds is 5. The van der Waals surface area contributed by atoms with Gasteiger partial charge in [0.2, 0.25) is 0 Å². The van der Waals surface area contributed by atoms with E-state index < -0.39 is 0 Å². The summed E-state index contributed by atoms with van der Waals surface area (Å²) in [5.41, 5.74) is 7.92. The molecule has 1 aromatic carbocycles. The number of anilines is 1. The standard InChI is InChI=1S/C15H17Cl2N3/c1-2-19-14(5-10-3-4-20-15(18)6-10)11-7-12(16)9-13(17)8-11/h3-4,6-9,14,19H,2,5H2,1H3,(H2,18,20). The zero-order valence-corrected chi connectivity index (χ0v) is 12.7. The molecule has 0 amide bonds. The molecule has 0 aliphatic rings. The summed E-state index contributed by atoms with van der Waals surface area (Å²) in [5.74, 6) is 0.530. The number of halogens is 2. The second kappa shape index (κ2) is 6.93. The highest BCUT2D eigenvalue weighted by Gasteiger charge is 2.13. The van der Waals surface area contributed by atoms with E-state index in [1.54, 1.807) is 12.3 Å². The van der Waals surface area contributed by atoms with Gasteiger partial charge in [-0.05, 0) is 54.4 Å². The fourth-order valence-corrected chi connectivity index (χ4v) is 2.73. The van der Waals surface area contributed by atoms with Crippen LogP contribution in [0.4, 0.5) is 5.82 Å². The van der Waals surface area contributed by atoms with Crippen molar-refractivity contribution in [3.05, 3.63) is 57.7 Å². The lowest BCUT2D eigenvalue weighted by Crippen LogP contribution is -2.23. The predicted octanol–water partition coefficient (Wildman–Crippen LogP) is 3.86. The molecule has 3 N–H and O–H groups in total. The number of nitrogens with one attached hydrogen (secondary N) is 1. The first-order valence-electron chi connectivity index (χ1n) is 6.48. The van der Waals surface area contributed by atoms with Gasteiger partial charge in [0.15, 0.2) is 0 Å². The summed E-state index contributed by atoms with van der Waals surface area (Å²) >= 11 is 12.2. The van der Waals surface area contributed by atoms with Crippen molar-refractivity contribution in [2.45, 2.75) is 19.4 Å². The minimum Gasteiger partial charge on any atom is -0.384 e. The molecule has 1 unspecified atom stereocenters. The quantitative estimate of drug-likeness (QED) is 0.881. The van der Waals surface area contributed by atoms with Crippen LogP contribution in [0.3, 0.4) is 0 Å². The second-order valence-corrected chi connectivity index (χ2v) is 5.48. The van der Waals surface area contributed by atoms with E-state index in [1.807, 2.05) is 24.3 Å². The Balaban J connectivity index is 2.26. The van der Waals surface area contributed by atoms with E-state index in [1.165, 1.54) is 0 Å². The van der Waals surface area contributed by atoms with Gasteiger partial charge < -0.3 is 11.1 Å². The molecule has 0 radical (unpaired) electrons. The molecule has 0 fully saturated rings. The van der Waals surface area contributed by atoms with Gasteiger partial charge in [0.05, 0.1) is 0 Å². The summed E-state index contributed by atoms with van der Waals surface area (Å²) < 4.78 is 0. The van der Waals surface area contributed by atoms with Gasteiger partial charge in [0, 0.05) is 22.3 Å². The maximum atomic E-state index is 6.08. The van der Waals surface area contributed by atoms with Crippen molar-refractivity contribution in [2.24, 2.45) is 0 Å². The Morgan fingerprint density at radius 2 is 1.90 bits per heavy atom. The van der Waals surface area contributed by atoms with E-state index in [9.17, 15) is 0 Å². The first-order valence-corrected chi connectivity index (χ1v) is 7.24. The van der Waals surface area contributed by atoms with Crippen molar-refractivity contribution in [3.63, 3.8) is 0 Å². The largest absolute Gasteiger partial charge is 0.384 e. The van der Waals surface area contributed by atoms with Gasteiger partial charge in [0.1, 0.15) is 5.82 Å². The zero-order valence-electron chi connectivity index (χ0n) is 11.2. The molecule has 2 aromatic rings. The van der Waals surface area contributed by atoms with Gasteiger partial charge in [0.25, 0.3) is 0 Å². The van der Waals surface area contributed by atoms with E-state index in [4.69, 9.17) is 28.9 Å². The smallest absolute Gasteiger partial charge is 0.123 e. The molecule has 1 aromatic heterocycles. The topological polar surface area (TPSA) is 50.9 Å². The van der Waals surface area contributed by atoms with Gasteiger partial charge in [-0.15, -0.1) is 0 Å². The van der Waals surface area contributed by atoms with Gasteiger partial charge in [-0.25, -0.2) is 4.98 Å². The Labute approximate surface area is 129 Å². The molecule has 0 saturated heterocycles. The van der Waals surface area contributed by atoms with E-state index in [0.29, 0.717) is 15.9 Å². The SMILES string of the molecule is CCNC(Cc1ccnc(N)c1)c1cc(Cl)cc(Cl)c1. The molecule has 0 aliphatic heterocycles. The monoisotopic (exact) mass is 309 g/mol. The molecular weight excluding hydrogens is 293 g/mol. The van der Waals surface area contributed by atoms with Crippen LogP contribution in [0.2, 0.25) is 10.0 Å². The van der Waals surface area contributed by atoms with E-state index >= 15 is 0 Å². The van der Waals surface area contributed by atoms with Crippen LogP contribution >= 0.6 is 23.2 Å². The molecule has 1 heterocycles. The van der Waals surface area contributed by atoms with Gasteiger partial charge in [-0.2, -0.15) is 0 Å². The molecule has 0 spiro atoms. The Kier molecular flexibility index (Phi) is 5.24. The summed E-state index contributed by atoms with van der Waals surface area (Å²) in [6, 6.07) is 9.60. The molecule has 0 aliphatic carbocycles. The van der Waals surface area contributed by atoms with Gasteiger partial charge >= 0.3 is 0 Å². The Morgan fingerprint density at radius 3 is 2.50 bits per heavy atom. The number of hydrogen-bond acceptors (Lipinski definition) is 3. The van der Waals surface area contributed by atoms with Crippen molar-refractivity contribution in [3.8, 4) is 0 Å². The lowest BCUT2D eigenvalue weighted by Gasteiger charge is -2.19. The van der Waals surface area contributed by atoms with E-state index in [-0.39, 0.29) is 6.04 Å². The van der Waals surface area contributed by atoms with Crippen LogP contribution in [0.5, 0.6) is 0 Å². The summed E-state index contributed by atoms with van der Waals surface area (Å²) in [6.45, 7) is 2.93. The lowest BCUT2D eigenvalue weighted by molar-refractivity contribution is 0.550. The van der Waals surface area contributed by atoms with Crippen LogP contribution < -0.4 is 11.1 Å². The normalized spacial score (nSPS) is 12.3. The van der Waals surface area contributed by atoms with Crippen LogP contribution in [0.1, 0.15) is 24.1 Å². The third kappa shape index (κ3) is 4.10. The average molecular weight is 310 g/mol. The summed E-state index contributed by atoms with van der Waals surface area (Å²) in [6.07, 6.45) is 2.52. The maximum absolute atomic E-state index is 6.08. The maximum Gasteiger partial charge on any atom is 0.123 e. The first-order chi connectivity index (χ1) is 9.58. The number of nitrogens with two attached hydrogens (primary N) is 1. The minimum atomic E-state index is 0.137. The van der Waals surface area contributed by atoms with Gasteiger partial charge in [-0.1, -0.05) is 30.1 Å². The first kappa shape index (κ1) is 15.1. The molecular formula is C15H17Cl2N3. The van der Waals surface area contributed by atoms with Crippen molar-refractivity contribution < 1.29 is 0 Å². The van der Waals surface area contributed by atoms with Crippen LogP contribution in [0, 0.1) is 0 Å². The van der Waals surface area contributed by atoms with Crippen molar-refractivity contribution >= 4 is 29.0 Å². The number of likely N-dealkylation sites (N-methyl/N-ethyl adjacent to an activating group) is 1. The van der Waals surface area contributed by atoms with Crippen LogP contribution in [-0.4, -0.2) is 11.5 Å². The molecule has 20 heavy (non-hydrogen) atoms. The lowest BCUT2D eigenvalue weighted by atomic mass is 9.99. The number of pyridine rings is 1. The van der Waals surface area contributed by atoms with Crippen molar-refractivity contribution in [2.75, 3.05) is 12.3 Å². The third-order valence-corrected chi connectivity index (χ3v) is 3.46. The Morgan fingerprint density at radius 1 is 1.20 bits per heavy atom.